The van der Waals surface area contributed by atoms with E-state index in [-0.39, 0.29) is 5.97 Å². The summed E-state index contributed by atoms with van der Waals surface area (Å²) >= 11 is 0. The molecule has 0 amide bonds. The van der Waals surface area contributed by atoms with E-state index in [1.165, 1.54) is 24.0 Å². The third kappa shape index (κ3) is 6.42. The minimum atomic E-state index is -0.108. The molecule has 0 fully saturated rings. The van der Waals surface area contributed by atoms with E-state index in [2.05, 4.69) is 38.1 Å². The van der Waals surface area contributed by atoms with Crippen LogP contribution < -0.4 is 0 Å². The van der Waals surface area contributed by atoms with Gasteiger partial charge in [0.2, 0.25) is 0 Å². The van der Waals surface area contributed by atoms with Gasteiger partial charge in [0, 0.05) is 6.42 Å². The van der Waals surface area contributed by atoms with Crippen LogP contribution in [0.2, 0.25) is 0 Å². The van der Waals surface area contributed by atoms with Gasteiger partial charge in [-0.2, -0.15) is 0 Å². The molecule has 0 saturated heterocycles. The zero-order chi connectivity index (χ0) is 14.1. The van der Waals surface area contributed by atoms with Crippen molar-refractivity contribution in [2.24, 2.45) is 5.92 Å². The highest BCUT2D eigenvalue weighted by Crippen LogP contribution is 2.15. The maximum absolute atomic E-state index is 11.3. The Morgan fingerprint density at radius 1 is 1.16 bits per heavy atom. The summed E-state index contributed by atoms with van der Waals surface area (Å²) < 4.78 is 4.93. The molecule has 0 bridgehead atoms. The Morgan fingerprint density at radius 2 is 1.79 bits per heavy atom. The van der Waals surface area contributed by atoms with Crippen molar-refractivity contribution in [3.8, 4) is 0 Å². The Morgan fingerprint density at radius 3 is 2.37 bits per heavy atom. The standard InChI is InChI=1S/C17H26O2/c1-4-6-14(3)13-16-9-7-15(8-10-16)11-12-17(18)19-5-2/h7-10,14H,4-6,11-13H2,1-3H3. The van der Waals surface area contributed by atoms with Crippen LogP contribution in [0, 0.1) is 5.92 Å². The van der Waals surface area contributed by atoms with Crippen molar-refractivity contribution >= 4 is 5.97 Å². The van der Waals surface area contributed by atoms with Gasteiger partial charge >= 0.3 is 5.97 Å². The second-order valence-corrected chi connectivity index (χ2v) is 5.22. The molecule has 0 aliphatic heterocycles. The quantitative estimate of drug-likeness (QED) is 0.657. The highest BCUT2D eigenvalue weighted by atomic mass is 16.5. The zero-order valence-corrected chi connectivity index (χ0v) is 12.4. The van der Waals surface area contributed by atoms with Gasteiger partial charge in [0.25, 0.3) is 0 Å². The molecule has 19 heavy (non-hydrogen) atoms. The highest BCUT2D eigenvalue weighted by molar-refractivity contribution is 5.69. The van der Waals surface area contributed by atoms with Gasteiger partial charge in [-0.05, 0) is 36.8 Å². The molecule has 2 nitrogen and oxygen atoms in total. The molecular formula is C17H26O2. The molecule has 1 unspecified atom stereocenters. The summed E-state index contributed by atoms with van der Waals surface area (Å²) in [4.78, 5) is 11.3. The average Bonchev–Trinajstić information content (AvgIpc) is 2.38. The van der Waals surface area contributed by atoms with Gasteiger partial charge < -0.3 is 4.74 Å². The molecule has 0 spiro atoms. The summed E-state index contributed by atoms with van der Waals surface area (Å²) in [6, 6.07) is 8.64. The monoisotopic (exact) mass is 262 g/mol. The van der Waals surface area contributed by atoms with Crippen molar-refractivity contribution in [3.05, 3.63) is 35.4 Å². The van der Waals surface area contributed by atoms with Gasteiger partial charge in [-0.1, -0.05) is 51.0 Å². The lowest BCUT2D eigenvalue weighted by Gasteiger charge is -2.10. The Balaban J connectivity index is 2.41. The van der Waals surface area contributed by atoms with Crippen molar-refractivity contribution in [1.82, 2.24) is 0 Å². The number of esters is 1. The second-order valence-electron chi connectivity index (χ2n) is 5.22. The summed E-state index contributed by atoms with van der Waals surface area (Å²) in [5.74, 6) is 0.638. The number of hydrogen-bond acceptors (Lipinski definition) is 2. The van der Waals surface area contributed by atoms with Crippen LogP contribution in [0.15, 0.2) is 24.3 Å². The van der Waals surface area contributed by atoms with Crippen molar-refractivity contribution in [2.75, 3.05) is 6.61 Å². The molecule has 0 heterocycles. The lowest BCUT2D eigenvalue weighted by atomic mass is 9.96. The summed E-state index contributed by atoms with van der Waals surface area (Å²) in [5, 5.41) is 0. The van der Waals surface area contributed by atoms with E-state index in [4.69, 9.17) is 4.74 Å². The largest absolute Gasteiger partial charge is 0.466 e. The second kappa shape index (κ2) is 8.73. The van der Waals surface area contributed by atoms with Crippen LogP contribution in [0.5, 0.6) is 0 Å². The molecular weight excluding hydrogens is 236 g/mol. The van der Waals surface area contributed by atoms with Crippen LogP contribution in [-0.2, 0) is 22.4 Å². The molecule has 0 radical (unpaired) electrons. The Labute approximate surface area is 117 Å². The van der Waals surface area contributed by atoms with Crippen LogP contribution in [0.3, 0.4) is 0 Å². The molecule has 0 aliphatic rings. The Bertz CT molecular complexity index is 367. The van der Waals surface area contributed by atoms with Crippen molar-refractivity contribution in [1.29, 1.82) is 0 Å². The number of ether oxygens (including phenoxy) is 1. The molecule has 1 atom stereocenters. The average molecular weight is 262 g/mol. The van der Waals surface area contributed by atoms with Gasteiger partial charge in [0.1, 0.15) is 0 Å². The lowest BCUT2D eigenvalue weighted by Crippen LogP contribution is -2.05. The van der Waals surface area contributed by atoms with E-state index in [0.29, 0.717) is 13.0 Å². The third-order valence-electron chi connectivity index (χ3n) is 3.31. The van der Waals surface area contributed by atoms with Gasteiger partial charge in [-0.3, -0.25) is 4.79 Å². The molecule has 0 aliphatic carbocycles. The number of aryl methyl sites for hydroxylation is 1. The van der Waals surface area contributed by atoms with Crippen molar-refractivity contribution < 1.29 is 9.53 Å². The summed E-state index contributed by atoms with van der Waals surface area (Å²) in [6.45, 7) is 6.84. The minimum Gasteiger partial charge on any atom is -0.466 e. The van der Waals surface area contributed by atoms with E-state index in [1.807, 2.05) is 6.92 Å². The summed E-state index contributed by atoms with van der Waals surface area (Å²) in [5.41, 5.74) is 2.60. The number of hydrogen-bond donors (Lipinski definition) is 0. The first-order valence-electron chi connectivity index (χ1n) is 7.39. The third-order valence-corrected chi connectivity index (χ3v) is 3.31. The number of carbonyl (C=O) groups is 1. The molecule has 1 aromatic carbocycles. The smallest absolute Gasteiger partial charge is 0.306 e. The van der Waals surface area contributed by atoms with Crippen LogP contribution in [0.25, 0.3) is 0 Å². The molecule has 0 N–H and O–H groups in total. The van der Waals surface area contributed by atoms with E-state index in [1.54, 1.807) is 0 Å². The van der Waals surface area contributed by atoms with E-state index >= 15 is 0 Å². The summed E-state index contributed by atoms with van der Waals surface area (Å²) in [6.07, 6.45) is 4.92. The van der Waals surface area contributed by atoms with E-state index < -0.39 is 0 Å². The van der Waals surface area contributed by atoms with Crippen LogP contribution in [-0.4, -0.2) is 12.6 Å². The lowest BCUT2D eigenvalue weighted by molar-refractivity contribution is -0.143. The molecule has 1 aromatic rings. The number of carbonyl (C=O) groups excluding carboxylic acids is 1. The zero-order valence-electron chi connectivity index (χ0n) is 12.4. The fraction of sp³-hybridized carbons (Fsp3) is 0.588. The molecule has 0 aromatic heterocycles. The van der Waals surface area contributed by atoms with Gasteiger partial charge in [-0.25, -0.2) is 0 Å². The maximum Gasteiger partial charge on any atom is 0.306 e. The van der Waals surface area contributed by atoms with Crippen LogP contribution in [0.4, 0.5) is 0 Å². The van der Waals surface area contributed by atoms with Gasteiger partial charge in [0.05, 0.1) is 6.61 Å². The predicted molar refractivity (Wildman–Crippen MR) is 79.2 cm³/mol. The van der Waals surface area contributed by atoms with Gasteiger partial charge in [-0.15, -0.1) is 0 Å². The first kappa shape index (κ1) is 15.7. The molecule has 1 rings (SSSR count). The normalized spacial score (nSPS) is 12.2. The SMILES string of the molecule is CCCC(C)Cc1ccc(CCC(=O)OCC)cc1. The van der Waals surface area contributed by atoms with Crippen molar-refractivity contribution in [2.45, 2.75) is 52.9 Å². The van der Waals surface area contributed by atoms with Crippen LogP contribution >= 0.6 is 0 Å². The fourth-order valence-corrected chi connectivity index (χ4v) is 2.32. The maximum atomic E-state index is 11.3. The summed E-state index contributed by atoms with van der Waals surface area (Å²) in [7, 11) is 0. The van der Waals surface area contributed by atoms with E-state index in [9.17, 15) is 4.79 Å². The highest BCUT2D eigenvalue weighted by Gasteiger charge is 2.04. The fourth-order valence-electron chi connectivity index (χ4n) is 2.32. The predicted octanol–water partition coefficient (Wildman–Crippen LogP) is 4.16. The number of rotatable bonds is 8. The first-order chi connectivity index (χ1) is 9.15. The topological polar surface area (TPSA) is 26.3 Å². The molecule has 0 saturated carbocycles. The molecule has 106 valence electrons. The molecule has 2 heteroatoms. The van der Waals surface area contributed by atoms with Crippen molar-refractivity contribution in [3.63, 3.8) is 0 Å². The Hall–Kier alpha value is -1.31. The first-order valence-corrected chi connectivity index (χ1v) is 7.39. The number of benzene rings is 1. The minimum absolute atomic E-state index is 0.108. The van der Waals surface area contributed by atoms with Gasteiger partial charge in [0.15, 0.2) is 0 Å². The Kier molecular flexibility index (Phi) is 7.24. The van der Waals surface area contributed by atoms with Crippen LogP contribution in [0.1, 0.15) is 51.2 Å². The van der Waals surface area contributed by atoms with E-state index in [0.717, 1.165) is 18.8 Å².